The van der Waals surface area contributed by atoms with Crippen molar-refractivity contribution in [2.45, 2.75) is 29.5 Å². The van der Waals surface area contributed by atoms with Crippen LogP contribution in [0.2, 0.25) is 4.34 Å². The Morgan fingerprint density at radius 1 is 1.22 bits per heavy atom. The third-order valence-electron chi connectivity index (χ3n) is 4.21. The van der Waals surface area contributed by atoms with Crippen molar-refractivity contribution in [3.05, 3.63) is 50.8 Å². The quantitative estimate of drug-likeness (QED) is 0.577. The molecule has 0 radical (unpaired) electrons. The van der Waals surface area contributed by atoms with Gasteiger partial charge in [0.15, 0.2) is 0 Å². The highest BCUT2D eigenvalue weighted by molar-refractivity contribution is 7.91. The Labute approximate surface area is 165 Å². The number of carbonyl (C=O) groups is 1. The normalized spacial score (nSPS) is 18.2. The van der Waals surface area contributed by atoms with Gasteiger partial charge in [-0.05, 0) is 37.1 Å². The van der Waals surface area contributed by atoms with Gasteiger partial charge in [-0.15, -0.1) is 11.3 Å². The second kappa shape index (κ2) is 7.93. The van der Waals surface area contributed by atoms with Gasteiger partial charge in [0, 0.05) is 24.4 Å². The molecule has 0 spiro atoms. The zero-order chi connectivity index (χ0) is 19.6. The molecule has 0 saturated carbocycles. The van der Waals surface area contributed by atoms with Crippen LogP contribution in [0.5, 0.6) is 0 Å². The number of amides is 1. The van der Waals surface area contributed by atoms with Crippen LogP contribution in [-0.4, -0.2) is 36.1 Å². The molecule has 1 aliphatic rings. The van der Waals surface area contributed by atoms with Crippen molar-refractivity contribution >= 4 is 50.2 Å². The fourth-order valence-electron chi connectivity index (χ4n) is 2.90. The lowest BCUT2D eigenvalue weighted by Gasteiger charge is -2.33. The summed E-state index contributed by atoms with van der Waals surface area (Å²) < 4.78 is 27.5. The summed E-state index contributed by atoms with van der Waals surface area (Å²) in [6.45, 7) is 0.246. The average molecular weight is 430 g/mol. The standard InChI is InChI=1S/C16H16ClN3O5S2/c17-14-8-9-15(26-14)27(24,25)19-10-2-1-3-13(19)16(21)18-11-4-6-12(7-5-11)20(22)23/h4-9,13H,1-3,10H2,(H,18,21). The van der Waals surface area contributed by atoms with Crippen molar-refractivity contribution in [1.82, 2.24) is 4.31 Å². The van der Waals surface area contributed by atoms with Gasteiger partial charge in [0.05, 0.1) is 9.26 Å². The first-order chi connectivity index (χ1) is 12.8. The van der Waals surface area contributed by atoms with Crippen molar-refractivity contribution in [3.8, 4) is 0 Å². The van der Waals surface area contributed by atoms with E-state index in [4.69, 9.17) is 11.6 Å². The summed E-state index contributed by atoms with van der Waals surface area (Å²) in [6.07, 6.45) is 1.80. The molecular formula is C16H16ClN3O5S2. The fourth-order valence-corrected chi connectivity index (χ4v) is 6.17. The number of benzene rings is 1. The Kier molecular flexibility index (Phi) is 5.80. The molecule has 3 rings (SSSR count). The number of hydrogen-bond donors (Lipinski definition) is 1. The van der Waals surface area contributed by atoms with E-state index >= 15 is 0 Å². The van der Waals surface area contributed by atoms with E-state index in [1.807, 2.05) is 0 Å². The molecular weight excluding hydrogens is 414 g/mol. The monoisotopic (exact) mass is 429 g/mol. The molecule has 1 aliphatic heterocycles. The number of rotatable bonds is 5. The van der Waals surface area contributed by atoms with E-state index in [9.17, 15) is 23.3 Å². The Balaban J connectivity index is 1.80. The number of halogens is 1. The van der Waals surface area contributed by atoms with Crippen LogP contribution in [0, 0.1) is 10.1 Å². The number of nitro groups is 1. The molecule has 1 unspecified atom stereocenters. The predicted octanol–water partition coefficient (Wildman–Crippen LogP) is 3.49. The largest absolute Gasteiger partial charge is 0.325 e. The molecule has 11 heteroatoms. The molecule has 1 aromatic carbocycles. The smallest absolute Gasteiger partial charge is 0.269 e. The average Bonchev–Trinajstić information content (AvgIpc) is 3.09. The molecule has 1 aromatic heterocycles. The fraction of sp³-hybridized carbons (Fsp3) is 0.312. The van der Waals surface area contributed by atoms with Gasteiger partial charge in [-0.3, -0.25) is 14.9 Å². The first-order valence-corrected chi connectivity index (χ1v) is 10.7. The molecule has 1 amide bonds. The Bertz CT molecular complexity index is 959. The molecule has 1 saturated heterocycles. The van der Waals surface area contributed by atoms with E-state index in [1.54, 1.807) is 0 Å². The van der Waals surface area contributed by atoms with Crippen LogP contribution in [0.15, 0.2) is 40.6 Å². The maximum absolute atomic E-state index is 12.9. The van der Waals surface area contributed by atoms with Crippen molar-refractivity contribution in [3.63, 3.8) is 0 Å². The summed E-state index contributed by atoms with van der Waals surface area (Å²) in [5, 5.41) is 13.4. The van der Waals surface area contributed by atoms with Crippen LogP contribution in [0.4, 0.5) is 11.4 Å². The number of sulfonamides is 1. The van der Waals surface area contributed by atoms with Crippen LogP contribution in [-0.2, 0) is 14.8 Å². The van der Waals surface area contributed by atoms with E-state index in [1.165, 1.54) is 40.7 Å². The number of thiophene rings is 1. The molecule has 1 N–H and O–H groups in total. The lowest BCUT2D eigenvalue weighted by molar-refractivity contribution is -0.384. The number of nitro benzene ring substituents is 1. The van der Waals surface area contributed by atoms with Crippen molar-refractivity contribution < 1.29 is 18.1 Å². The van der Waals surface area contributed by atoms with Gasteiger partial charge < -0.3 is 5.32 Å². The van der Waals surface area contributed by atoms with E-state index in [0.29, 0.717) is 22.9 Å². The lowest BCUT2D eigenvalue weighted by atomic mass is 10.0. The van der Waals surface area contributed by atoms with Gasteiger partial charge >= 0.3 is 0 Å². The molecule has 2 heterocycles. The van der Waals surface area contributed by atoms with E-state index < -0.39 is 26.9 Å². The topological polar surface area (TPSA) is 110 Å². The zero-order valence-electron chi connectivity index (χ0n) is 14.0. The van der Waals surface area contributed by atoms with Crippen LogP contribution >= 0.6 is 22.9 Å². The summed E-state index contributed by atoms with van der Waals surface area (Å²) >= 11 is 6.81. The Morgan fingerprint density at radius 2 is 1.93 bits per heavy atom. The van der Waals surface area contributed by atoms with Gasteiger partial charge in [0.25, 0.3) is 15.7 Å². The molecule has 0 bridgehead atoms. The van der Waals surface area contributed by atoms with Crippen molar-refractivity contribution in [2.75, 3.05) is 11.9 Å². The highest BCUT2D eigenvalue weighted by Crippen LogP contribution is 2.32. The first-order valence-electron chi connectivity index (χ1n) is 8.11. The number of nitrogens with one attached hydrogen (secondary N) is 1. The second-order valence-electron chi connectivity index (χ2n) is 5.98. The number of anilines is 1. The van der Waals surface area contributed by atoms with Crippen LogP contribution in [0.25, 0.3) is 0 Å². The Morgan fingerprint density at radius 3 is 2.52 bits per heavy atom. The van der Waals surface area contributed by atoms with Gasteiger partial charge in [0.1, 0.15) is 10.3 Å². The van der Waals surface area contributed by atoms with Gasteiger partial charge in [0.2, 0.25) is 5.91 Å². The number of hydrogen-bond acceptors (Lipinski definition) is 6. The minimum Gasteiger partial charge on any atom is -0.325 e. The molecule has 1 atom stereocenters. The number of carbonyl (C=O) groups excluding carboxylic acids is 1. The highest BCUT2D eigenvalue weighted by atomic mass is 35.5. The summed E-state index contributed by atoms with van der Waals surface area (Å²) in [5.41, 5.74) is 0.275. The van der Waals surface area contributed by atoms with Crippen molar-refractivity contribution in [1.29, 1.82) is 0 Å². The zero-order valence-corrected chi connectivity index (χ0v) is 16.4. The SMILES string of the molecule is O=C(Nc1ccc([N+](=O)[O-])cc1)C1CCCCN1S(=O)(=O)c1ccc(Cl)s1. The highest BCUT2D eigenvalue weighted by Gasteiger charge is 2.38. The van der Waals surface area contributed by atoms with E-state index in [0.717, 1.165) is 17.8 Å². The number of nitrogens with zero attached hydrogens (tertiary/aromatic N) is 2. The minimum absolute atomic E-state index is 0.0931. The van der Waals surface area contributed by atoms with Gasteiger partial charge in [-0.1, -0.05) is 18.0 Å². The first kappa shape index (κ1) is 19.7. The summed E-state index contributed by atoms with van der Waals surface area (Å²) in [6, 6.07) is 7.47. The van der Waals surface area contributed by atoms with Gasteiger partial charge in [-0.25, -0.2) is 8.42 Å². The van der Waals surface area contributed by atoms with E-state index in [2.05, 4.69) is 5.32 Å². The number of piperidine rings is 1. The molecule has 1 fully saturated rings. The van der Waals surface area contributed by atoms with Gasteiger partial charge in [-0.2, -0.15) is 4.31 Å². The maximum Gasteiger partial charge on any atom is 0.269 e. The van der Waals surface area contributed by atoms with Crippen LogP contribution < -0.4 is 5.32 Å². The van der Waals surface area contributed by atoms with Crippen LogP contribution in [0.1, 0.15) is 19.3 Å². The lowest BCUT2D eigenvalue weighted by Crippen LogP contribution is -2.49. The van der Waals surface area contributed by atoms with E-state index in [-0.39, 0.29) is 16.4 Å². The maximum atomic E-state index is 12.9. The molecule has 0 aliphatic carbocycles. The van der Waals surface area contributed by atoms with Crippen molar-refractivity contribution in [2.24, 2.45) is 0 Å². The third-order valence-corrected chi connectivity index (χ3v) is 7.82. The summed E-state index contributed by atoms with van der Waals surface area (Å²) in [7, 11) is -3.83. The van der Waals surface area contributed by atoms with Crippen LogP contribution in [0.3, 0.4) is 0 Å². The summed E-state index contributed by atoms with van der Waals surface area (Å²) in [5.74, 6) is -0.463. The Hall–Kier alpha value is -2.01. The third kappa shape index (κ3) is 4.29. The summed E-state index contributed by atoms with van der Waals surface area (Å²) in [4.78, 5) is 22.9. The molecule has 27 heavy (non-hydrogen) atoms. The minimum atomic E-state index is -3.83. The number of non-ortho nitro benzene ring substituents is 1. The molecule has 144 valence electrons. The predicted molar refractivity (Wildman–Crippen MR) is 103 cm³/mol. The molecule has 2 aromatic rings. The second-order valence-corrected chi connectivity index (χ2v) is 9.81. The molecule has 8 nitrogen and oxygen atoms in total.